The van der Waals surface area contributed by atoms with E-state index < -0.39 is 0 Å². The molecule has 0 saturated carbocycles. The third-order valence-electron chi connectivity index (χ3n) is 4.63. The van der Waals surface area contributed by atoms with E-state index in [1.165, 1.54) is 43.6 Å². The Morgan fingerprint density at radius 1 is 1.27 bits per heavy atom. The fraction of sp³-hybridized carbons (Fsp3) is 0.500. The Balaban J connectivity index is 2.07. The third-order valence-corrected chi connectivity index (χ3v) is 4.63. The third kappa shape index (κ3) is 4.74. The first-order valence-corrected chi connectivity index (χ1v) is 8.54. The maximum Gasteiger partial charge on any atom is 0.0408 e. The van der Waals surface area contributed by atoms with Crippen molar-refractivity contribution in [2.45, 2.75) is 45.6 Å². The van der Waals surface area contributed by atoms with Crippen LogP contribution in [0.2, 0.25) is 0 Å². The first kappa shape index (κ1) is 16.8. The van der Waals surface area contributed by atoms with Gasteiger partial charge in [0.15, 0.2) is 0 Å². The number of hydrogen-bond acceptors (Lipinski definition) is 2. The lowest BCUT2D eigenvalue weighted by molar-refractivity contribution is 0.178. The van der Waals surface area contributed by atoms with Crippen molar-refractivity contribution < 1.29 is 0 Å². The topological polar surface area (TPSA) is 6.48 Å². The molecule has 1 aromatic carbocycles. The summed E-state index contributed by atoms with van der Waals surface area (Å²) in [5.74, 6) is 0. The van der Waals surface area contributed by atoms with Crippen LogP contribution in [0.25, 0.3) is 0 Å². The average Bonchev–Trinajstić information content (AvgIpc) is 2.55. The number of rotatable bonds is 6. The van der Waals surface area contributed by atoms with Gasteiger partial charge >= 0.3 is 0 Å². The molecular weight excluding hydrogens is 268 g/mol. The van der Waals surface area contributed by atoms with Crippen molar-refractivity contribution in [2.75, 3.05) is 25.0 Å². The highest BCUT2D eigenvalue weighted by Gasteiger charge is 2.20. The number of nitrogens with zero attached hydrogens (tertiary/aromatic N) is 2. The highest BCUT2D eigenvalue weighted by atomic mass is 15.2. The molecule has 1 aliphatic rings. The largest absolute Gasteiger partial charge is 0.345 e. The molecule has 1 aliphatic heterocycles. The fourth-order valence-electron chi connectivity index (χ4n) is 3.23. The van der Waals surface area contributed by atoms with Gasteiger partial charge in [-0.15, -0.1) is 0 Å². The summed E-state index contributed by atoms with van der Waals surface area (Å²) >= 11 is 0. The number of para-hydroxylation sites is 1. The first-order valence-electron chi connectivity index (χ1n) is 8.54. The predicted octanol–water partition coefficient (Wildman–Crippen LogP) is 4.85. The summed E-state index contributed by atoms with van der Waals surface area (Å²) in [6, 6.07) is 11.5. The molecule has 1 unspecified atom stereocenters. The Bertz CT molecular complexity index is 490. The van der Waals surface area contributed by atoms with Crippen molar-refractivity contribution in [3.05, 3.63) is 54.3 Å². The van der Waals surface area contributed by atoms with E-state index in [2.05, 4.69) is 79.3 Å². The molecule has 2 heteroatoms. The normalized spacial score (nSPS) is 20.5. The molecule has 1 heterocycles. The zero-order valence-corrected chi connectivity index (χ0v) is 14.3. The van der Waals surface area contributed by atoms with Crippen LogP contribution < -0.4 is 4.90 Å². The molecule has 22 heavy (non-hydrogen) atoms. The smallest absolute Gasteiger partial charge is 0.0408 e. The van der Waals surface area contributed by atoms with Gasteiger partial charge in [-0.3, -0.25) is 0 Å². The number of anilines is 1. The van der Waals surface area contributed by atoms with Crippen molar-refractivity contribution in [1.29, 1.82) is 0 Å². The number of benzene rings is 1. The lowest BCUT2D eigenvalue weighted by Gasteiger charge is -2.35. The Morgan fingerprint density at radius 2 is 2.05 bits per heavy atom. The maximum absolute atomic E-state index is 2.54. The second-order valence-electron chi connectivity index (χ2n) is 6.24. The van der Waals surface area contributed by atoms with E-state index in [1.54, 1.807) is 0 Å². The van der Waals surface area contributed by atoms with E-state index in [1.807, 2.05) is 0 Å². The molecule has 0 amide bonds. The minimum absolute atomic E-state index is 0.731. The van der Waals surface area contributed by atoms with Crippen molar-refractivity contribution in [3.8, 4) is 0 Å². The summed E-state index contributed by atoms with van der Waals surface area (Å²) in [6.45, 7) is 6.60. The molecule has 0 bridgehead atoms. The van der Waals surface area contributed by atoms with Crippen LogP contribution in [0.4, 0.5) is 5.69 Å². The van der Waals surface area contributed by atoms with Gasteiger partial charge in [0.05, 0.1) is 0 Å². The average molecular weight is 298 g/mol. The Labute approximate surface area is 136 Å². The van der Waals surface area contributed by atoms with Gasteiger partial charge in [0.2, 0.25) is 0 Å². The van der Waals surface area contributed by atoms with E-state index in [0.29, 0.717) is 0 Å². The summed E-state index contributed by atoms with van der Waals surface area (Å²) in [5, 5.41) is 0. The molecule has 1 aromatic rings. The second kappa shape index (κ2) is 8.79. The summed E-state index contributed by atoms with van der Waals surface area (Å²) in [6.07, 6.45) is 11.7. The number of piperidine rings is 1. The highest BCUT2D eigenvalue weighted by molar-refractivity contribution is 5.51. The molecule has 0 spiro atoms. The van der Waals surface area contributed by atoms with E-state index in [0.717, 1.165) is 12.6 Å². The van der Waals surface area contributed by atoms with E-state index in [9.17, 15) is 0 Å². The Hall–Kier alpha value is -1.54. The standard InChI is InChI=1S/C20H30N2/c1-4-5-11-18(2)22(20-13-7-6-8-14-20)17-15-19-12-9-10-16-21(19)3/h4-8,11,13-14,19H,9-10,12,15-17H2,1-3H3/b5-4-,18-11+. The van der Waals surface area contributed by atoms with Gasteiger partial charge in [0, 0.05) is 24.0 Å². The van der Waals surface area contributed by atoms with Crippen LogP contribution in [0.5, 0.6) is 0 Å². The minimum Gasteiger partial charge on any atom is -0.345 e. The van der Waals surface area contributed by atoms with Gasteiger partial charge in [0.1, 0.15) is 0 Å². The van der Waals surface area contributed by atoms with Crippen LogP contribution in [0.3, 0.4) is 0 Å². The van der Waals surface area contributed by atoms with Gasteiger partial charge in [-0.25, -0.2) is 0 Å². The maximum atomic E-state index is 2.54. The number of allylic oxidation sites excluding steroid dienone is 4. The molecule has 2 rings (SSSR count). The summed E-state index contributed by atoms with van der Waals surface area (Å²) < 4.78 is 0. The zero-order chi connectivity index (χ0) is 15.8. The van der Waals surface area contributed by atoms with Crippen molar-refractivity contribution >= 4 is 5.69 Å². The Kier molecular flexibility index (Phi) is 6.73. The molecule has 1 fully saturated rings. The summed E-state index contributed by atoms with van der Waals surface area (Å²) in [7, 11) is 2.28. The molecular formula is C20H30N2. The zero-order valence-electron chi connectivity index (χ0n) is 14.3. The van der Waals surface area contributed by atoms with Gasteiger partial charge in [0.25, 0.3) is 0 Å². The van der Waals surface area contributed by atoms with Crippen LogP contribution in [0, 0.1) is 0 Å². The summed E-state index contributed by atoms with van der Waals surface area (Å²) in [5.41, 5.74) is 2.60. The molecule has 1 saturated heterocycles. The van der Waals surface area contributed by atoms with Crippen molar-refractivity contribution in [2.24, 2.45) is 0 Å². The van der Waals surface area contributed by atoms with Crippen LogP contribution in [-0.4, -0.2) is 31.1 Å². The second-order valence-corrected chi connectivity index (χ2v) is 6.24. The molecule has 2 nitrogen and oxygen atoms in total. The van der Waals surface area contributed by atoms with E-state index >= 15 is 0 Å². The van der Waals surface area contributed by atoms with Crippen molar-refractivity contribution in [1.82, 2.24) is 4.90 Å². The van der Waals surface area contributed by atoms with Gasteiger partial charge in [-0.1, -0.05) is 36.8 Å². The summed E-state index contributed by atoms with van der Waals surface area (Å²) in [4.78, 5) is 4.99. The van der Waals surface area contributed by atoms with Gasteiger partial charge in [-0.05, 0) is 64.9 Å². The fourth-order valence-corrected chi connectivity index (χ4v) is 3.23. The molecule has 0 aliphatic carbocycles. The molecule has 1 atom stereocenters. The van der Waals surface area contributed by atoms with Crippen LogP contribution in [0.1, 0.15) is 39.5 Å². The van der Waals surface area contributed by atoms with Gasteiger partial charge < -0.3 is 9.80 Å². The van der Waals surface area contributed by atoms with Crippen LogP contribution >= 0.6 is 0 Å². The lowest BCUT2D eigenvalue weighted by atomic mass is 9.99. The predicted molar refractivity (Wildman–Crippen MR) is 97.2 cm³/mol. The number of hydrogen-bond donors (Lipinski definition) is 0. The molecule has 0 radical (unpaired) electrons. The molecule has 120 valence electrons. The van der Waals surface area contributed by atoms with E-state index in [-0.39, 0.29) is 0 Å². The molecule has 0 N–H and O–H groups in total. The number of likely N-dealkylation sites (tertiary alicyclic amines) is 1. The molecule has 0 aromatic heterocycles. The van der Waals surface area contributed by atoms with E-state index in [4.69, 9.17) is 0 Å². The van der Waals surface area contributed by atoms with Crippen LogP contribution in [-0.2, 0) is 0 Å². The van der Waals surface area contributed by atoms with Crippen LogP contribution in [0.15, 0.2) is 54.3 Å². The first-order chi connectivity index (χ1) is 10.7. The van der Waals surface area contributed by atoms with Crippen molar-refractivity contribution in [3.63, 3.8) is 0 Å². The highest BCUT2D eigenvalue weighted by Crippen LogP contribution is 2.23. The lowest BCUT2D eigenvalue weighted by Crippen LogP contribution is -2.38. The van der Waals surface area contributed by atoms with Gasteiger partial charge in [-0.2, -0.15) is 0 Å². The Morgan fingerprint density at radius 3 is 2.73 bits per heavy atom. The SMILES string of the molecule is C/C=C\C=C(/C)N(CCC1CCCCN1C)c1ccccc1. The minimum atomic E-state index is 0.731. The monoisotopic (exact) mass is 298 g/mol. The quantitative estimate of drug-likeness (QED) is 0.693.